The summed E-state index contributed by atoms with van der Waals surface area (Å²) in [5.41, 5.74) is 1.82. The largest absolute Gasteiger partial charge is 0.351 e. The molecule has 0 atom stereocenters. The number of nitrogens with zero attached hydrogens (tertiary/aromatic N) is 2. The molecule has 2 rings (SSSR count). The van der Waals surface area contributed by atoms with Gasteiger partial charge in [0.2, 0.25) is 0 Å². The number of hydrogen-bond donors (Lipinski definition) is 2. The standard InChI is InChI=1S/C7H8N4S/c1-2-10-7(9-1)11-4-6-3-8-5-12-6/h1-3,5H,4H2,(H2,9,10,11). The molecule has 0 spiro atoms. The van der Waals surface area contributed by atoms with E-state index < -0.39 is 0 Å². The summed E-state index contributed by atoms with van der Waals surface area (Å²) in [4.78, 5) is 12.2. The molecule has 2 heterocycles. The van der Waals surface area contributed by atoms with Crippen molar-refractivity contribution in [3.63, 3.8) is 0 Å². The van der Waals surface area contributed by atoms with Gasteiger partial charge in [-0.15, -0.1) is 11.3 Å². The zero-order chi connectivity index (χ0) is 8.23. The highest BCUT2D eigenvalue weighted by Crippen LogP contribution is 2.07. The number of aromatic amines is 1. The van der Waals surface area contributed by atoms with E-state index in [9.17, 15) is 0 Å². The number of rotatable bonds is 3. The van der Waals surface area contributed by atoms with Crippen LogP contribution in [0.25, 0.3) is 0 Å². The lowest BCUT2D eigenvalue weighted by atomic mass is 10.5. The molecular weight excluding hydrogens is 172 g/mol. The quantitative estimate of drug-likeness (QED) is 0.752. The van der Waals surface area contributed by atoms with Crippen LogP contribution >= 0.6 is 11.3 Å². The minimum absolute atomic E-state index is 0.776. The van der Waals surface area contributed by atoms with E-state index in [1.807, 2.05) is 11.7 Å². The molecule has 62 valence electrons. The first-order valence-electron chi connectivity index (χ1n) is 3.56. The smallest absolute Gasteiger partial charge is 0.200 e. The van der Waals surface area contributed by atoms with Gasteiger partial charge in [-0.05, 0) is 0 Å². The Balaban J connectivity index is 1.91. The number of H-pyrrole nitrogens is 1. The van der Waals surface area contributed by atoms with Gasteiger partial charge in [-0.25, -0.2) is 4.98 Å². The Kier molecular flexibility index (Phi) is 2.04. The van der Waals surface area contributed by atoms with Gasteiger partial charge in [-0.2, -0.15) is 0 Å². The average molecular weight is 180 g/mol. The summed E-state index contributed by atoms with van der Waals surface area (Å²) in [6, 6.07) is 0. The molecule has 0 fully saturated rings. The first kappa shape index (κ1) is 7.30. The van der Waals surface area contributed by atoms with Crippen LogP contribution < -0.4 is 5.32 Å². The Bertz CT molecular complexity index is 279. The van der Waals surface area contributed by atoms with E-state index in [-0.39, 0.29) is 0 Å². The lowest BCUT2D eigenvalue weighted by Crippen LogP contribution is -1.98. The monoisotopic (exact) mass is 180 g/mol. The van der Waals surface area contributed by atoms with E-state index in [0.717, 1.165) is 12.5 Å². The van der Waals surface area contributed by atoms with Gasteiger partial charge in [0.25, 0.3) is 0 Å². The SMILES string of the molecule is c1c[nH]c(NCc2cncs2)n1. The summed E-state index contributed by atoms with van der Waals surface area (Å²) < 4.78 is 0. The van der Waals surface area contributed by atoms with Crippen LogP contribution in [0.5, 0.6) is 0 Å². The molecular formula is C7H8N4S. The maximum absolute atomic E-state index is 4.03. The molecule has 4 nitrogen and oxygen atoms in total. The van der Waals surface area contributed by atoms with Crippen LogP contribution in [0, 0.1) is 0 Å². The number of hydrogen-bond acceptors (Lipinski definition) is 4. The fourth-order valence-electron chi connectivity index (χ4n) is 0.862. The molecule has 0 saturated carbocycles. The van der Waals surface area contributed by atoms with Gasteiger partial charge in [0, 0.05) is 23.5 Å². The average Bonchev–Trinajstić information content (AvgIpc) is 2.74. The fourth-order valence-corrected chi connectivity index (χ4v) is 1.40. The second-order valence-corrected chi connectivity index (χ2v) is 3.23. The first-order chi connectivity index (χ1) is 5.95. The van der Waals surface area contributed by atoms with Crippen molar-refractivity contribution in [3.05, 3.63) is 29.0 Å². The topological polar surface area (TPSA) is 53.6 Å². The highest BCUT2D eigenvalue weighted by Gasteiger charge is 1.95. The molecule has 0 bridgehead atoms. The number of aromatic nitrogens is 3. The van der Waals surface area contributed by atoms with Crippen molar-refractivity contribution in [2.75, 3.05) is 5.32 Å². The Morgan fingerprint density at radius 1 is 1.58 bits per heavy atom. The molecule has 0 aliphatic carbocycles. The molecule has 2 aromatic heterocycles. The molecule has 0 saturated heterocycles. The highest BCUT2D eigenvalue weighted by atomic mass is 32.1. The molecule has 0 amide bonds. The Morgan fingerprint density at radius 3 is 3.25 bits per heavy atom. The summed E-state index contributed by atoms with van der Waals surface area (Å²) in [6.45, 7) is 0.776. The van der Waals surface area contributed by atoms with Crippen LogP contribution in [0.1, 0.15) is 4.88 Å². The minimum Gasteiger partial charge on any atom is -0.351 e. The van der Waals surface area contributed by atoms with Gasteiger partial charge >= 0.3 is 0 Å². The normalized spacial score (nSPS) is 10.0. The molecule has 0 aliphatic rings. The molecule has 0 aromatic carbocycles. The predicted octanol–water partition coefficient (Wildman–Crippen LogP) is 1.48. The van der Waals surface area contributed by atoms with Gasteiger partial charge in [-0.1, -0.05) is 0 Å². The maximum atomic E-state index is 4.03. The van der Waals surface area contributed by atoms with Gasteiger partial charge in [0.15, 0.2) is 5.95 Å². The summed E-state index contributed by atoms with van der Waals surface area (Å²) >= 11 is 1.63. The predicted molar refractivity (Wildman–Crippen MR) is 48.0 cm³/mol. The zero-order valence-electron chi connectivity index (χ0n) is 6.32. The second kappa shape index (κ2) is 3.36. The Labute approximate surface area is 73.7 Å². The number of nitrogens with one attached hydrogen (secondary N) is 2. The zero-order valence-corrected chi connectivity index (χ0v) is 7.14. The lowest BCUT2D eigenvalue weighted by molar-refractivity contribution is 1.11. The fraction of sp³-hybridized carbons (Fsp3) is 0.143. The van der Waals surface area contributed by atoms with E-state index in [2.05, 4.69) is 20.3 Å². The van der Waals surface area contributed by atoms with Crippen molar-refractivity contribution in [1.82, 2.24) is 15.0 Å². The maximum Gasteiger partial charge on any atom is 0.200 e. The number of anilines is 1. The molecule has 0 radical (unpaired) electrons. The van der Waals surface area contributed by atoms with Gasteiger partial charge in [0.05, 0.1) is 12.1 Å². The van der Waals surface area contributed by atoms with Crippen LogP contribution in [0.4, 0.5) is 5.95 Å². The third-order valence-electron chi connectivity index (χ3n) is 1.41. The van der Waals surface area contributed by atoms with Crippen molar-refractivity contribution in [2.24, 2.45) is 0 Å². The van der Waals surface area contributed by atoms with Crippen LogP contribution in [-0.2, 0) is 6.54 Å². The molecule has 2 aromatic rings. The van der Waals surface area contributed by atoms with Crippen molar-refractivity contribution in [1.29, 1.82) is 0 Å². The molecule has 0 aliphatic heterocycles. The summed E-state index contributed by atoms with van der Waals surface area (Å²) in [5, 5.41) is 3.13. The highest BCUT2D eigenvalue weighted by molar-refractivity contribution is 7.09. The van der Waals surface area contributed by atoms with E-state index >= 15 is 0 Å². The molecule has 5 heteroatoms. The van der Waals surface area contributed by atoms with Crippen LogP contribution in [0.15, 0.2) is 24.1 Å². The van der Waals surface area contributed by atoms with Crippen LogP contribution in [0.2, 0.25) is 0 Å². The van der Waals surface area contributed by atoms with Crippen molar-refractivity contribution >= 4 is 17.3 Å². The van der Waals surface area contributed by atoms with Crippen molar-refractivity contribution in [3.8, 4) is 0 Å². The molecule has 0 unspecified atom stereocenters. The van der Waals surface area contributed by atoms with Gasteiger partial charge in [0.1, 0.15) is 0 Å². The van der Waals surface area contributed by atoms with Crippen LogP contribution in [0.3, 0.4) is 0 Å². The third kappa shape index (κ3) is 1.62. The lowest BCUT2D eigenvalue weighted by Gasteiger charge is -1.97. The minimum atomic E-state index is 0.776. The second-order valence-electron chi connectivity index (χ2n) is 2.26. The van der Waals surface area contributed by atoms with E-state index in [0.29, 0.717) is 0 Å². The van der Waals surface area contributed by atoms with E-state index in [1.54, 1.807) is 23.7 Å². The summed E-state index contributed by atoms with van der Waals surface area (Å²) in [7, 11) is 0. The Hall–Kier alpha value is -1.36. The van der Waals surface area contributed by atoms with Gasteiger partial charge < -0.3 is 10.3 Å². The summed E-state index contributed by atoms with van der Waals surface area (Å²) in [6.07, 6.45) is 5.35. The first-order valence-corrected chi connectivity index (χ1v) is 4.44. The third-order valence-corrected chi connectivity index (χ3v) is 2.19. The van der Waals surface area contributed by atoms with E-state index in [1.165, 1.54) is 4.88 Å². The summed E-state index contributed by atoms with van der Waals surface area (Å²) in [5.74, 6) is 0.795. The number of thiazole rings is 1. The van der Waals surface area contributed by atoms with E-state index in [4.69, 9.17) is 0 Å². The molecule has 12 heavy (non-hydrogen) atoms. The Morgan fingerprint density at radius 2 is 2.58 bits per heavy atom. The molecule has 2 N–H and O–H groups in total. The van der Waals surface area contributed by atoms with Crippen molar-refractivity contribution < 1.29 is 0 Å². The van der Waals surface area contributed by atoms with Gasteiger partial charge in [-0.3, -0.25) is 4.98 Å². The van der Waals surface area contributed by atoms with Crippen LogP contribution in [-0.4, -0.2) is 15.0 Å². The van der Waals surface area contributed by atoms with Crippen molar-refractivity contribution in [2.45, 2.75) is 6.54 Å². The number of imidazole rings is 1.